The van der Waals surface area contributed by atoms with Gasteiger partial charge in [0.15, 0.2) is 16.3 Å². The van der Waals surface area contributed by atoms with Gasteiger partial charge in [-0.2, -0.15) is 0 Å². The van der Waals surface area contributed by atoms with Crippen LogP contribution in [0.4, 0.5) is 0 Å². The summed E-state index contributed by atoms with van der Waals surface area (Å²) in [6.45, 7) is 0.749. The number of amides is 1. The quantitative estimate of drug-likeness (QED) is 0.307. The lowest BCUT2D eigenvalue weighted by Gasteiger charge is -2.10. The smallest absolute Gasteiger partial charge is 0.262 e. The number of benzene rings is 3. The minimum atomic E-state index is -3.75. The predicted molar refractivity (Wildman–Crippen MR) is 139 cm³/mol. The summed E-state index contributed by atoms with van der Waals surface area (Å²) < 4.78 is 35.1. The van der Waals surface area contributed by atoms with Gasteiger partial charge in [-0.05, 0) is 72.2 Å². The topological polar surface area (TPSA) is 146 Å². The van der Waals surface area contributed by atoms with Crippen LogP contribution in [0.1, 0.15) is 21.5 Å². The van der Waals surface area contributed by atoms with E-state index in [9.17, 15) is 18.0 Å². The van der Waals surface area contributed by atoms with E-state index >= 15 is 0 Å². The molecule has 1 aliphatic rings. The van der Waals surface area contributed by atoms with Crippen LogP contribution < -0.4 is 25.5 Å². The van der Waals surface area contributed by atoms with Gasteiger partial charge in [0.05, 0.1) is 22.3 Å². The van der Waals surface area contributed by atoms with E-state index in [4.69, 9.17) is 26.8 Å². The molecular formula is C25H22N4O6S2. The van der Waals surface area contributed by atoms with Crippen LogP contribution in [-0.4, -0.2) is 37.2 Å². The lowest BCUT2D eigenvalue weighted by molar-refractivity contribution is 0.0954. The Kier molecular flexibility index (Phi) is 6.54. The standard InChI is InChI=1S/C25H22N4O6S2/c26-37(32,33)18-5-1-15(2-6-18)9-10-27-23(30)17-4-7-19-20(12-17)28-25(36)29(24(19)31)13-16-3-8-21-22(11-16)35-14-34-21/h1-8,11-12H,9-10,13-14H2,(H,27,30)(H,28,36)(H2,26,32,33). The second-order valence-electron chi connectivity index (χ2n) is 8.46. The van der Waals surface area contributed by atoms with Gasteiger partial charge in [0.2, 0.25) is 16.8 Å². The Bertz CT molecular complexity index is 1740. The molecule has 1 amide bonds. The van der Waals surface area contributed by atoms with Crippen LogP contribution in [0.25, 0.3) is 10.9 Å². The summed E-state index contributed by atoms with van der Waals surface area (Å²) in [7, 11) is -3.75. The highest BCUT2D eigenvalue weighted by atomic mass is 32.2. The van der Waals surface area contributed by atoms with Crippen molar-refractivity contribution in [3.8, 4) is 11.5 Å². The number of fused-ring (bicyclic) bond motifs is 2. The summed E-state index contributed by atoms with van der Waals surface area (Å²) in [5, 5.41) is 8.33. The van der Waals surface area contributed by atoms with Crippen molar-refractivity contribution >= 4 is 39.1 Å². The maximum absolute atomic E-state index is 13.2. The van der Waals surface area contributed by atoms with Gasteiger partial charge < -0.3 is 19.8 Å². The molecule has 4 aromatic rings. The van der Waals surface area contributed by atoms with Crippen molar-refractivity contribution in [1.29, 1.82) is 0 Å². The third-order valence-corrected chi connectivity index (χ3v) is 7.22. The number of carbonyl (C=O) groups excluding carboxylic acids is 1. The molecule has 2 heterocycles. The molecule has 190 valence electrons. The minimum Gasteiger partial charge on any atom is -0.454 e. The SMILES string of the molecule is NS(=O)(=O)c1ccc(CCNC(=O)c2ccc3c(=O)n(Cc4ccc5c(c4)OCO5)c(=S)[nH]c3c2)cc1. The molecule has 37 heavy (non-hydrogen) atoms. The maximum Gasteiger partial charge on any atom is 0.262 e. The molecular weight excluding hydrogens is 516 g/mol. The molecule has 0 bridgehead atoms. The number of aromatic nitrogens is 2. The predicted octanol–water partition coefficient (Wildman–Crippen LogP) is 2.46. The summed E-state index contributed by atoms with van der Waals surface area (Å²) >= 11 is 5.44. The van der Waals surface area contributed by atoms with Crippen LogP contribution in [-0.2, 0) is 23.0 Å². The molecule has 0 spiro atoms. The van der Waals surface area contributed by atoms with Gasteiger partial charge in [-0.3, -0.25) is 14.2 Å². The number of H-pyrrole nitrogens is 1. The monoisotopic (exact) mass is 538 g/mol. The van der Waals surface area contributed by atoms with Gasteiger partial charge in [0.25, 0.3) is 11.5 Å². The Morgan fingerprint density at radius 3 is 2.51 bits per heavy atom. The van der Waals surface area contributed by atoms with E-state index in [1.807, 2.05) is 12.1 Å². The average Bonchev–Trinajstić information content (AvgIpc) is 3.34. The number of hydrogen-bond donors (Lipinski definition) is 3. The number of aromatic amines is 1. The van der Waals surface area contributed by atoms with Crippen LogP contribution in [0.5, 0.6) is 11.5 Å². The molecule has 0 saturated heterocycles. The number of ether oxygens (including phenoxy) is 2. The lowest BCUT2D eigenvalue weighted by atomic mass is 10.1. The Morgan fingerprint density at radius 1 is 1.03 bits per heavy atom. The molecule has 1 aliphatic heterocycles. The third kappa shape index (κ3) is 5.26. The highest BCUT2D eigenvalue weighted by molar-refractivity contribution is 7.89. The van der Waals surface area contributed by atoms with E-state index in [0.29, 0.717) is 40.9 Å². The number of sulfonamides is 1. The van der Waals surface area contributed by atoms with E-state index in [0.717, 1.165) is 11.1 Å². The summed E-state index contributed by atoms with van der Waals surface area (Å²) in [6, 6.07) is 16.4. The van der Waals surface area contributed by atoms with Gasteiger partial charge in [0, 0.05) is 12.1 Å². The zero-order valence-electron chi connectivity index (χ0n) is 19.4. The summed E-state index contributed by atoms with van der Waals surface area (Å²) in [4.78, 5) is 28.9. The first kappa shape index (κ1) is 24.7. The van der Waals surface area contributed by atoms with Crippen molar-refractivity contribution in [3.05, 3.63) is 92.5 Å². The third-order valence-electron chi connectivity index (χ3n) is 5.97. The van der Waals surface area contributed by atoms with Crippen LogP contribution in [0.2, 0.25) is 0 Å². The Hall–Kier alpha value is -4.00. The van der Waals surface area contributed by atoms with Crippen molar-refractivity contribution < 1.29 is 22.7 Å². The molecule has 4 N–H and O–H groups in total. The minimum absolute atomic E-state index is 0.0313. The molecule has 12 heteroatoms. The van der Waals surface area contributed by atoms with Crippen molar-refractivity contribution in [2.24, 2.45) is 5.14 Å². The number of nitrogens with one attached hydrogen (secondary N) is 2. The van der Waals surface area contributed by atoms with Crippen LogP contribution in [0.3, 0.4) is 0 Å². The molecule has 3 aromatic carbocycles. The number of rotatable bonds is 7. The molecule has 10 nitrogen and oxygen atoms in total. The van der Waals surface area contributed by atoms with Gasteiger partial charge in [0.1, 0.15) is 0 Å². The normalized spacial score (nSPS) is 12.6. The highest BCUT2D eigenvalue weighted by Crippen LogP contribution is 2.32. The molecule has 1 aromatic heterocycles. The molecule has 5 rings (SSSR count). The van der Waals surface area contributed by atoms with Crippen LogP contribution in [0, 0.1) is 4.77 Å². The fraction of sp³-hybridized carbons (Fsp3) is 0.160. The number of nitrogens with zero attached hydrogens (tertiary/aromatic N) is 1. The number of carbonyl (C=O) groups is 1. The van der Waals surface area contributed by atoms with Crippen molar-refractivity contribution in [1.82, 2.24) is 14.9 Å². The zero-order valence-corrected chi connectivity index (χ0v) is 21.0. The second-order valence-corrected chi connectivity index (χ2v) is 10.4. The van der Waals surface area contributed by atoms with E-state index in [1.165, 1.54) is 16.7 Å². The van der Waals surface area contributed by atoms with Gasteiger partial charge >= 0.3 is 0 Å². The van der Waals surface area contributed by atoms with Crippen LogP contribution >= 0.6 is 12.2 Å². The molecule has 0 saturated carbocycles. The molecule has 0 radical (unpaired) electrons. The van der Waals surface area contributed by atoms with Gasteiger partial charge in [-0.15, -0.1) is 0 Å². The first-order valence-corrected chi connectivity index (χ1v) is 13.2. The molecule has 0 fully saturated rings. The van der Waals surface area contributed by atoms with Crippen molar-refractivity contribution in [2.75, 3.05) is 13.3 Å². The Balaban J connectivity index is 1.29. The van der Waals surface area contributed by atoms with Crippen molar-refractivity contribution in [3.63, 3.8) is 0 Å². The average molecular weight is 539 g/mol. The summed E-state index contributed by atoms with van der Waals surface area (Å²) in [5.41, 5.74) is 2.24. The highest BCUT2D eigenvalue weighted by Gasteiger charge is 2.15. The summed E-state index contributed by atoms with van der Waals surface area (Å²) in [5.74, 6) is 0.967. The van der Waals surface area contributed by atoms with E-state index in [1.54, 1.807) is 36.4 Å². The van der Waals surface area contributed by atoms with E-state index in [2.05, 4.69) is 10.3 Å². The largest absolute Gasteiger partial charge is 0.454 e. The van der Waals surface area contributed by atoms with E-state index in [-0.39, 0.29) is 34.5 Å². The zero-order chi connectivity index (χ0) is 26.2. The number of nitrogens with two attached hydrogens (primary N) is 1. The lowest BCUT2D eigenvalue weighted by Crippen LogP contribution is -2.26. The number of hydrogen-bond acceptors (Lipinski definition) is 7. The molecule has 0 aliphatic carbocycles. The van der Waals surface area contributed by atoms with E-state index < -0.39 is 10.0 Å². The Labute approximate surface area is 216 Å². The van der Waals surface area contributed by atoms with Crippen molar-refractivity contribution in [2.45, 2.75) is 17.9 Å². The molecule has 0 unspecified atom stereocenters. The molecule has 0 atom stereocenters. The van der Waals surface area contributed by atoms with Crippen LogP contribution in [0.15, 0.2) is 70.4 Å². The van der Waals surface area contributed by atoms with Gasteiger partial charge in [-0.25, -0.2) is 13.6 Å². The maximum atomic E-state index is 13.2. The fourth-order valence-corrected chi connectivity index (χ4v) is 4.80. The number of primary sulfonamides is 1. The first-order valence-electron chi connectivity index (χ1n) is 11.2. The Morgan fingerprint density at radius 2 is 1.76 bits per heavy atom. The van der Waals surface area contributed by atoms with Gasteiger partial charge in [-0.1, -0.05) is 18.2 Å². The second kappa shape index (κ2) is 9.81. The fourth-order valence-electron chi connectivity index (χ4n) is 4.03. The first-order chi connectivity index (χ1) is 17.7. The summed E-state index contributed by atoms with van der Waals surface area (Å²) in [6.07, 6.45) is 0.497.